The van der Waals surface area contributed by atoms with Crippen molar-refractivity contribution in [3.8, 4) is 0 Å². The van der Waals surface area contributed by atoms with E-state index < -0.39 is 0 Å². The van der Waals surface area contributed by atoms with Crippen LogP contribution in [0.15, 0.2) is 66.9 Å². The lowest BCUT2D eigenvalue weighted by Gasteiger charge is -2.33. The number of pyridine rings is 1. The quantitative estimate of drug-likeness (QED) is 0.575. The highest BCUT2D eigenvalue weighted by molar-refractivity contribution is 6.08. The van der Waals surface area contributed by atoms with E-state index in [2.05, 4.69) is 40.4 Å². The third-order valence-corrected chi connectivity index (χ3v) is 6.08. The molecule has 0 atom stereocenters. The second-order valence-electron chi connectivity index (χ2n) is 8.73. The molecule has 1 saturated heterocycles. The highest BCUT2D eigenvalue weighted by Gasteiger charge is 2.21. The topological polar surface area (TPSA) is 74.3 Å². The molecule has 2 N–H and O–H groups in total. The summed E-state index contributed by atoms with van der Waals surface area (Å²) in [6, 6.07) is 18.5. The number of carbonyl (C=O) groups excluding carboxylic acids is 2. The maximum Gasteiger partial charge on any atom is 0.257 e. The molecule has 0 aliphatic carbocycles. The monoisotopic (exact) mass is 442 g/mol. The van der Waals surface area contributed by atoms with Gasteiger partial charge in [0.05, 0.1) is 17.8 Å². The lowest BCUT2D eigenvalue weighted by molar-refractivity contribution is 0.0950. The van der Waals surface area contributed by atoms with Crippen molar-refractivity contribution in [1.29, 1.82) is 0 Å². The highest BCUT2D eigenvalue weighted by atomic mass is 16.2. The van der Waals surface area contributed by atoms with Crippen molar-refractivity contribution in [2.75, 3.05) is 23.3 Å². The van der Waals surface area contributed by atoms with Crippen LogP contribution in [0.4, 0.5) is 11.4 Å². The summed E-state index contributed by atoms with van der Waals surface area (Å²) in [5.41, 5.74) is 4.78. The molecule has 6 nitrogen and oxygen atoms in total. The Bertz CT molecular complexity index is 1100. The molecule has 0 bridgehead atoms. The predicted octanol–water partition coefficient (Wildman–Crippen LogP) is 4.81. The third kappa shape index (κ3) is 5.77. The molecule has 0 unspecified atom stereocenters. The fourth-order valence-corrected chi connectivity index (χ4v) is 4.02. The van der Waals surface area contributed by atoms with Gasteiger partial charge in [0.1, 0.15) is 0 Å². The van der Waals surface area contributed by atoms with Crippen molar-refractivity contribution in [2.45, 2.75) is 33.2 Å². The van der Waals surface area contributed by atoms with E-state index in [0.29, 0.717) is 23.4 Å². The van der Waals surface area contributed by atoms with Crippen molar-refractivity contribution < 1.29 is 9.59 Å². The van der Waals surface area contributed by atoms with Gasteiger partial charge in [-0.05, 0) is 79.8 Å². The molecule has 2 heterocycles. The number of hydrogen-bond acceptors (Lipinski definition) is 4. The molecule has 1 aliphatic heterocycles. The Morgan fingerprint density at radius 1 is 1.00 bits per heavy atom. The summed E-state index contributed by atoms with van der Waals surface area (Å²) in [7, 11) is 0. The molecule has 0 saturated carbocycles. The molecule has 1 aliphatic rings. The minimum atomic E-state index is -0.182. The summed E-state index contributed by atoms with van der Waals surface area (Å²) in [6.45, 7) is 6.63. The fraction of sp³-hybridized carbons (Fsp3) is 0.296. The summed E-state index contributed by atoms with van der Waals surface area (Å²) in [4.78, 5) is 32.0. The molecule has 0 radical (unpaired) electrons. The molecule has 2 amide bonds. The summed E-state index contributed by atoms with van der Waals surface area (Å²) in [5.74, 6) is 0.401. The number of rotatable bonds is 6. The largest absolute Gasteiger partial charge is 0.371 e. The molecule has 4 rings (SSSR count). The smallest absolute Gasteiger partial charge is 0.257 e. The van der Waals surface area contributed by atoms with Crippen molar-refractivity contribution in [2.24, 2.45) is 5.92 Å². The highest BCUT2D eigenvalue weighted by Crippen LogP contribution is 2.28. The molecule has 2 aromatic carbocycles. The Hall–Kier alpha value is -3.67. The van der Waals surface area contributed by atoms with Crippen LogP contribution in [0.25, 0.3) is 0 Å². The number of nitrogens with zero attached hydrogens (tertiary/aromatic N) is 2. The van der Waals surface area contributed by atoms with Gasteiger partial charge in [0, 0.05) is 36.2 Å². The number of amides is 2. The predicted molar refractivity (Wildman–Crippen MR) is 132 cm³/mol. The summed E-state index contributed by atoms with van der Waals surface area (Å²) in [6.07, 6.45) is 3.97. The molecular formula is C27H30N4O2. The minimum Gasteiger partial charge on any atom is -0.371 e. The lowest BCUT2D eigenvalue weighted by atomic mass is 9.97. The van der Waals surface area contributed by atoms with Gasteiger partial charge < -0.3 is 15.5 Å². The Balaban J connectivity index is 1.41. The maximum atomic E-state index is 13.1. The van der Waals surface area contributed by atoms with E-state index in [9.17, 15) is 9.59 Å². The van der Waals surface area contributed by atoms with Crippen LogP contribution >= 0.6 is 0 Å². The number of anilines is 2. The molecule has 33 heavy (non-hydrogen) atoms. The second-order valence-corrected chi connectivity index (χ2v) is 8.73. The molecule has 0 spiro atoms. The van der Waals surface area contributed by atoms with Crippen LogP contribution in [-0.4, -0.2) is 29.9 Å². The Labute approximate surface area is 195 Å². The van der Waals surface area contributed by atoms with Crippen molar-refractivity contribution in [3.05, 3.63) is 89.2 Å². The molecular weight excluding hydrogens is 412 g/mol. The minimum absolute atomic E-state index is 0.143. The van der Waals surface area contributed by atoms with Gasteiger partial charge in [-0.25, -0.2) is 0 Å². The van der Waals surface area contributed by atoms with Gasteiger partial charge in [-0.15, -0.1) is 0 Å². The molecule has 1 aromatic heterocycles. The second kappa shape index (κ2) is 10.3. The lowest BCUT2D eigenvalue weighted by Crippen LogP contribution is -2.34. The van der Waals surface area contributed by atoms with Crippen LogP contribution in [0, 0.1) is 12.8 Å². The number of benzene rings is 2. The first kappa shape index (κ1) is 22.5. The molecule has 6 heteroatoms. The molecule has 170 valence electrons. The van der Waals surface area contributed by atoms with Crippen molar-refractivity contribution >= 4 is 23.2 Å². The van der Waals surface area contributed by atoms with E-state index in [0.717, 1.165) is 48.8 Å². The number of piperidine rings is 1. The first-order chi connectivity index (χ1) is 16.0. The maximum absolute atomic E-state index is 13.1. The van der Waals surface area contributed by atoms with E-state index >= 15 is 0 Å². The van der Waals surface area contributed by atoms with Gasteiger partial charge in [0.25, 0.3) is 11.8 Å². The SMILES string of the molecule is Cc1ccc(C(=O)Nc2ccc(C(=O)NCc3ccccn3)cc2)c(N2CCC(C)CC2)c1. The normalized spacial score (nSPS) is 14.1. The number of nitrogens with one attached hydrogen (secondary N) is 2. The first-order valence-corrected chi connectivity index (χ1v) is 11.4. The van der Waals surface area contributed by atoms with Crippen molar-refractivity contribution in [1.82, 2.24) is 10.3 Å². The van der Waals surface area contributed by atoms with Crippen LogP contribution in [-0.2, 0) is 6.54 Å². The first-order valence-electron chi connectivity index (χ1n) is 11.4. The summed E-state index contributed by atoms with van der Waals surface area (Å²) < 4.78 is 0. The standard InChI is InChI=1S/C27H30N4O2/c1-19-12-15-31(16-13-19)25-17-20(2)6-11-24(25)27(33)30-22-9-7-21(8-10-22)26(32)29-18-23-5-3-4-14-28-23/h3-11,14,17,19H,12-13,15-16,18H2,1-2H3,(H,29,32)(H,30,33). The van der Waals surface area contributed by atoms with Crippen LogP contribution in [0.2, 0.25) is 0 Å². The van der Waals surface area contributed by atoms with Gasteiger partial charge in [-0.2, -0.15) is 0 Å². The van der Waals surface area contributed by atoms with Crippen LogP contribution in [0.3, 0.4) is 0 Å². The average Bonchev–Trinajstić information content (AvgIpc) is 2.84. The van der Waals surface area contributed by atoms with Crippen molar-refractivity contribution in [3.63, 3.8) is 0 Å². The van der Waals surface area contributed by atoms with E-state index in [4.69, 9.17) is 0 Å². The average molecular weight is 443 g/mol. The van der Waals surface area contributed by atoms with E-state index in [-0.39, 0.29) is 11.8 Å². The van der Waals surface area contributed by atoms with E-state index in [1.165, 1.54) is 0 Å². The number of hydrogen-bond donors (Lipinski definition) is 2. The Kier molecular flexibility index (Phi) is 7.03. The van der Waals surface area contributed by atoms with Gasteiger partial charge in [0.2, 0.25) is 0 Å². The zero-order chi connectivity index (χ0) is 23.2. The summed E-state index contributed by atoms with van der Waals surface area (Å²) >= 11 is 0. The summed E-state index contributed by atoms with van der Waals surface area (Å²) in [5, 5.41) is 5.84. The van der Waals surface area contributed by atoms with Gasteiger partial charge in [0.15, 0.2) is 0 Å². The number of aromatic nitrogens is 1. The molecule has 3 aromatic rings. The fourth-order valence-electron chi connectivity index (χ4n) is 4.02. The zero-order valence-corrected chi connectivity index (χ0v) is 19.2. The number of aryl methyl sites for hydroxylation is 1. The zero-order valence-electron chi connectivity index (χ0n) is 19.2. The third-order valence-electron chi connectivity index (χ3n) is 6.08. The van der Waals surface area contributed by atoms with Crippen LogP contribution in [0.5, 0.6) is 0 Å². The van der Waals surface area contributed by atoms with E-state index in [1.54, 1.807) is 30.5 Å². The van der Waals surface area contributed by atoms with Gasteiger partial charge in [-0.3, -0.25) is 14.6 Å². The van der Waals surface area contributed by atoms with E-state index in [1.807, 2.05) is 30.3 Å². The number of carbonyl (C=O) groups is 2. The van der Waals surface area contributed by atoms with Crippen LogP contribution in [0.1, 0.15) is 51.7 Å². The Morgan fingerprint density at radius 2 is 1.76 bits per heavy atom. The Morgan fingerprint density at radius 3 is 2.45 bits per heavy atom. The van der Waals surface area contributed by atoms with Crippen LogP contribution < -0.4 is 15.5 Å². The van der Waals surface area contributed by atoms with Gasteiger partial charge in [-0.1, -0.05) is 19.1 Å². The van der Waals surface area contributed by atoms with Gasteiger partial charge >= 0.3 is 0 Å². The molecule has 1 fully saturated rings.